The van der Waals surface area contributed by atoms with Gasteiger partial charge < -0.3 is 4.74 Å². The van der Waals surface area contributed by atoms with E-state index in [9.17, 15) is 4.79 Å². The minimum Gasteiger partial charge on any atom is -0.376 e. The summed E-state index contributed by atoms with van der Waals surface area (Å²) in [5, 5.41) is 0. The van der Waals surface area contributed by atoms with Gasteiger partial charge in [0.15, 0.2) is 0 Å². The van der Waals surface area contributed by atoms with Crippen LogP contribution in [0.15, 0.2) is 30.3 Å². The Kier molecular flexibility index (Phi) is 5.52. The molecule has 0 fully saturated rings. The van der Waals surface area contributed by atoms with Crippen molar-refractivity contribution in [1.29, 1.82) is 0 Å². The van der Waals surface area contributed by atoms with Crippen LogP contribution in [0.4, 0.5) is 0 Å². The Bertz CT molecular complexity index is 421. The Morgan fingerprint density at radius 1 is 1.05 bits per heavy atom. The first kappa shape index (κ1) is 16.9. The topological polar surface area (TPSA) is 26.3 Å². The van der Waals surface area contributed by atoms with Crippen LogP contribution in [-0.2, 0) is 16.1 Å². The molecule has 0 N–H and O–H groups in total. The van der Waals surface area contributed by atoms with Crippen LogP contribution in [-0.4, -0.2) is 12.4 Å². The summed E-state index contributed by atoms with van der Waals surface area (Å²) in [7, 11) is 0. The normalized spacial score (nSPS) is 14.1. The van der Waals surface area contributed by atoms with Gasteiger partial charge in [-0.15, -0.1) is 0 Å². The number of carbonyl (C=O) groups is 1. The highest BCUT2D eigenvalue weighted by atomic mass is 16.5. The zero-order chi connectivity index (χ0) is 15.4. The molecule has 0 aliphatic heterocycles. The van der Waals surface area contributed by atoms with E-state index in [0.29, 0.717) is 13.2 Å². The summed E-state index contributed by atoms with van der Waals surface area (Å²) in [5.41, 5.74) is 0.734. The maximum atomic E-state index is 12.6. The maximum Gasteiger partial charge on any atom is 0.144 e. The van der Waals surface area contributed by atoms with Crippen molar-refractivity contribution in [2.75, 3.05) is 6.61 Å². The predicted molar refractivity (Wildman–Crippen MR) is 83.5 cm³/mol. The third-order valence-electron chi connectivity index (χ3n) is 3.50. The Morgan fingerprint density at radius 3 is 2.05 bits per heavy atom. The molecule has 1 atom stereocenters. The molecule has 2 nitrogen and oxygen atoms in total. The molecule has 1 rings (SSSR count). The average Bonchev–Trinajstić information content (AvgIpc) is 2.32. The first-order valence-corrected chi connectivity index (χ1v) is 7.28. The molecule has 0 bridgehead atoms. The molecule has 0 aliphatic carbocycles. The fourth-order valence-corrected chi connectivity index (χ4v) is 2.11. The lowest BCUT2D eigenvalue weighted by Crippen LogP contribution is -2.39. The summed E-state index contributed by atoms with van der Waals surface area (Å²) in [4.78, 5) is 12.6. The monoisotopic (exact) mass is 276 g/mol. The third-order valence-corrected chi connectivity index (χ3v) is 3.50. The molecule has 0 saturated heterocycles. The van der Waals surface area contributed by atoms with Crippen molar-refractivity contribution in [2.45, 2.75) is 48.1 Å². The van der Waals surface area contributed by atoms with Gasteiger partial charge in [0, 0.05) is 11.3 Å². The highest BCUT2D eigenvalue weighted by molar-refractivity contribution is 5.86. The van der Waals surface area contributed by atoms with Gasteiger partial charge in [-0.25, -0.2) is 0 Å². The summed E-state index contributed by atoms with van der Waals surface area (Å²) >= 11 is 0. The Balaban J connectivity index is 2.66. The van der Waals surface area contributed by atoms with Crippen LogP contribution in [0.1, 0.15) is 47.1 Å². The average molecular weight is 276 g/mol. The molecule has 0 heterocycles. The van der Waals surface area contributed by atoms with E-state index in [2.05, 4.69) is 20.8 Å². The minimum atomic E-state index is -0.325. The molecule has 0 spiro atoms. The molecule has 0 radical (unpaired) electrons. The molecule has 0 amide bonds. The third kappa shape index (κ3) is 5.09. The van der Waals surface area contributed by atoms with Crippen LogP contribution in [0, 0.1) is 16.7 Å². The van der Waals surface area contributed by atoms with Crippen LogP contribution in [0.2, 0.25) is 0 Å². The van der Waals surface area contributed by atoms with Crippen LogP contribution in [0.3, 0.4) is 0 Å². The largest absolute Gasteiger partial charge is 0.376 e. The molecular weight excluding hydrogens is 248 g/mol. The van der Waals surface area contributed by atoms with E-state index in [1.807, 2.05) is 51.1 Å². The molecule has 2 heteroatoms. The van der Waals surface area contributed by atoms with E-state index >= 15 is 0 Å². The van der Waals surface area contributed by atoms with Crippen molar-refractivity contribution in [3.63, 3.8) is 0 Å². The van der Waals surface area contributed by atoms with E-state index in [1.165, 1.54) is 0 Å². The second-order valence-corrected chi connectivity index (χ2v) is 7.53. The lowest BCUT2D eigenvalue weighted by atomic mass is 9.71. The van der Waals surface area contributed by atoms with E-state index < -0.39 is 0 Å². The lowest BCUT2D eigenvalue weighted by molar-refractivity contribution is -0.137. The van der Waals surface area contributed by atoms with E-state index in [0.717, 1.165) is 5.56 Å². The standard InChI is InChI=1S/C18H28O2/c1-17(2,3)15(16(19)18(4,5)6)13-20-12-14-10-8-7-9-11-14/h7-11,15H,12-13H2,1-6H3/t15-/m0/s1. The maximum absolute atomic E-state index is 12.6. The molecule has 20 heavy (non-hydrogen) atoms. The molecule has 112 valence electrons. The molecule has 1 aromatic carbocycles. The van der Waals surface area contributed by atoms with Crippen molar-refractivity contribution in [2.24, 2.45) is 16.7 Å². The highest BCUT2D eigenvalue weighted by Crippen LogP contribution is 2.33. The first-order chi connectivity index (χ1) is 9.12. The van der Waals surface area contributed by atoms with Crippen LogP contribution < -0.4 is 0 Å². The van der Waals surface area contributed by atoms with E-state index in [1.54, 1.807) is 0 Å². The zero-order valence-electron chi connectivity index (χ0n) is 13.7. The van der Waals surface area contributed by atoms with Gasteiger partial charge in [-0.3, -0.25) is 4.79 Å². The second-order valence-electron chi connectivity index (χ2n) is 7.53. The molecule has 0 saturated carbocycles. The lowest BCUT2D eigenvalue weighted by Gasteiger charge is -2.34. The van der Waals surface area contributed by atoms with Crippen molar-refractivity contribution in [3.05, 3.63) is 35.9 Å². The van der Waals surface area contributed by atoms with Gasteiger partial charge in [0.2, 0.25) is 0 Å². The smallest absolute Gasteiger partial charge is 0.144 e. The van der Waals surface area contributed by atoms with Crippen molar-refractivity contribution in [1.82, 2.24) is 0 Å². The summed E-state index contributed by atoms with van der Waals surface area (Å²) < 4.78 is 5.80. The number of hydrogen-bond donors (Lipinski definition) is 0. The summed E-state index contributed by atoms with van der Waals surface area (Å²) in [6, 6.07) is 10.1. The van der Waals surface area contributed by atoms with E-state index in [-0.39, 0.29) is 22.5 Å². The quantitative estimate of drug-likeness (QED) is 0.792. The predicted octanol–water partition coefficient (Wildman–Crippen LogP) is 4.48. The second kappa shape index (κ2) is 6.53. The van der Waals surface area contributed by atoms with Gasteiger partial charge in [0.05, 0.1) is 13.2 Å². The number of benzene rings is 1. The van der Waals surface area contributed by atoms with Gasteiger partial charge in [-0.05, 0) is 11.0 Å². The van der Waals surface area contributed by atoms with E-state index in [4.69, 9.17) is 4.74 Å². The van der Waals surface area contributed by atoms with Crippen LogP contribution in [0.25, 0.3) is 0 Å². The van der Waals surface area contributed by atoms with Gasteiger partial charge >= 0.3 is 0 Å². The molecular formula is C18H28O2. The Hall–Kier alpha value is -1.15. The number of Topliss-reactive ketones (excluding diaryl/α,β-unsaturated/α-hetero) is 1. The summed E-state index contributed by atoms with van der Waals surface area (Å²) in [6.07, 6.45) is 0. The molecule has 0 aliphatic rings. The molecule has 1 aromatic rings. The SMILES string of the molecule is CC(C)(C)C(=O)[C@H](COCc1ccccc1)C(C)(C)C. The number of rotatable bonds is 5. The number of hydrogen-bond acceptors (Lipinski definition) is 2. The zero-order valence-corrected chi connectivity index (χ0v) is 13.7. The van der Waals surface area contributed by atoms with Gasteiger partial charge in [0.25, 0.3) is 0 Å². The summed E-state index contributed by atoms with van der Waals surface area (Å²) in [5.74, 6) is 0.198. The fourth-order valence-electron chi connectivity index (χ4n) is 2.11. The van der Waals surface area contributed by atoms with Crippen LogP contribution in [0.5, 0.6) is 0 Å². The van der Waals surface area contributed by atoms with Crippen LogP contribution >= 0.6 is 0 Å². The van der Waals surface area contributed by atoms with Crippen molar-refractivity contribution >= 4 is 5.78 Å². The summed E-state index contributed by atoms with van der Waals surface area (Å²) in [6.45, 7) is 13.3. The van der Waals surface area contributed by atoms with Crippen molar-refractivity contribution in [3.8, 4) is 0 Å². The molecule has 0 aromatic heterocycles. The minimum absolute atomic E-state index is 0.0776. The first-order valence-electron chi connectivity index (χ1n) is 7.28. The van der Waals surface area contributed by atoms with Gasteiger partial charge in [-0.1, -0.05) is 71.9 Å². The van der Waals surface area contributed by atoms with Gasteiger partial charge in [0.1, 0.15) is 5.78 Å². The Labute approximate surface area is 123 Å². The number of ether oxygens (including phenoxy) is 1. The molecule has 0 unspecified atom stereocenters. The number of ketones is 1. The van der Waals surface area contributed by atoms with Gasteiger partial charge in [-0.2, -0.15) is 0 Å². The van der Waals surface area contributed by atoms with Crippen molar-refractivity contribution < 1.29 is 9.53 Å². The number of carbonyl (C=O) groups excluding carboxylic acids is 1. The fraction of sp³-hybridized carbons (Fsp3) is 0.611. The highest BCUT2D eigenvalue weighted by Gasteiger charge is 2.37. The Morgan fingerprint density at radius 2 is 1.60 bits per heavy atom.